The first kappa shape index (κ1) is 22.0. The van der Waals surface area contributed by atoms with E-state index in [9.17, 15) is 9.59 Å². The summed E-state index contributed by atoms with van der Waals surface area (Å²) in [6.07, 6.45) is 5.86. The Morgan fingerprint density at radius 3 is 2.57 bits per heavy atom. The van der Waals surface area contributed by atoms with Gasteiger partial charge in [-0.15, -0.1) is 0 Å². The third-order valence-electron chi connectivity index (χ3n) is 7.25. The Kier molecular flexibility index (Phi) is 6.67. The number of nitrogens with zero attached hydrogens (tertiary/aromatic N) is 3. The van der Waals surface area contributed by atoms with Crippen LogP contribution < -0.4 is 5.32 Å². The molecule has 0 aromatic rings. The first-order chi connectivity index (χ1) is 14.4. The van der Waals surface area contributed by atoms with Crippen molar-refractivity contribution in [3.63, 3.8) is 0 Å². The number of amides is 3. The van der Waals surface area contributed by atoms with Crippen LogP contribution in [0.4, 0.5) is 4.79 Å². The van der Waals surface area contributed by atoms with Crippen molar-refractivity contribution in [2.45, 2.75) is 50.4 Å². The molecular formula is C22H38N4O4. The van der Waals surface area contributed by atoms with Crippen LogP contribution in [0.1, 0.15) is 38.5 Å². The zero-order valence-corrected chi connectivity index (χ0v) is 18.8. The molecule has 0 unspecified atom stereocenters. The van der Waals surface area contributed by atoms with Gasteiger partial charge < -0.3 is 24.6 Å². The summed E-state index contributed by atoms with van der Waals surface area (Å²) in [7, 11) is 6.07. The minimum atomic E-state index is -0.440. The number of carbonyl (C=O) groups is 2. The molecule has 2 saturated carbocycles. The molecule has 3 amide bonds. The van der Waals surface area contributed by atoms with Gasteiger partial charge in [0.1, 0.15) is 0 Å². The van der Waals surface area contributed by atoms with E-state index >= 15 is 0 Å². The summed E-state index contributed by atoms with van der Waals surface area (Å²) in [5, 5.41) is 2.95. The van der Waals surface area contributed by atoms with Crippen LogP contribution in [0.25, 0.3) is 0 Å². The summed E-state index contributed by atoms with van der Waals surface area (Å²) >= 11 is 0. The van der Waals surface area contributed by atoms with Gasteiger partial charge in [-0.2, -0.15) is 0 Å². The standard InChI is InChI=1S/C22H38N4O4/c1-24(2)9-8-23-21(28)26(14-16-4-5-16)20(27)18-12-17-13-22(29-10-11-30-22)7-6-19(17)25(3)15-18/h16-19H,4-15H2,1-3H3,(H,23,28)/t17-,18-,19-/m1/s1. The Balaban J connectivity index is 1.41. The Morgan fingerprint density at radius 2 is 1.90 bits per heavy atom. The van der Waals surface area contributed by atoms with Crippen LogP contribution in [0.15, 0.2) is 0 Å². The third-order valence-corrected chi connectivity index (χ3v) is 7.25. The number of likely N-dealkylation sites (tertiary alicyclic amines) is 1. The van der Waals surface area contributed by atoms with Crippen LogP contribution in [0.5, 0.6) is 0 Å². The van der Waals surface area contributed by atoms with Gasteiger partial charge in [-0.1, -0.05) is 0 Å². The van der Waals surface area contributed by atoms with Gasteiger partial charge in [0.05, 0.1) is 19.1 Å². The number of nitrogens with one attached hydrogen (secondary N) is 1. The maximum absolute atomic E-state index is 13.5. The number of likely N-dealkylation sites (N-methyl/N-ethyl adjacent to an activating group) is 1. The van der Waals surface area contributed by atoms with E-state index in [1.54, 1.807) is 0 Å². The normalized spacial score (nSPS) is 31.0. The van der Waals surface area contributed by atoms with E-state index < -0.39 is 5.79 Å². The maximum atomic E-state index is 13.5. The average Bonchev–Trinajstić information content (AvgIpc) is 3.43. The molecule has 1 N–H and O–H groups in total. The highest BCUT2D eigenvalue weighted by Crippen LogP contribution is 2.45. The second-order valence-electron chi connectivity index (χ2n) is 9.98. The van der Waals surface area contributed by atoms with Gasteiger partial charge >= 0.3 is 6.03 Å². The molecule has 0 bridgehead atoms. The van der Waals surface area contributed by atoms with Crippen molar-refractivity contribution in [1.82, 2.24) is 20.0 Å². The fourth-order valence-electron chi connectivity index (χ4n) is 5.46. The lowest BCUT2D eigenvalue weighted by Gasteiger charge is -2.49. The van der Waals surface area contributed by atoms with Crippen molar-refractivity contribution in [2.75, 3.05) is 60.5 Å². The van der Waals surface area contributed by atoms with Gasteiger partial charge in [0.15, 0.2) is 5.79 Å². The Labute approximate surface area is 180 Å². The molecule has 1 spiro atoms. The fourth-order valence-corrected chi connectivity index (χ4v) is 5.46. The smallest absolute Gasteiger partial charge is 0.324 e. The molecule has 4 rings (SSSR count). The zero-order valence-electron chi connectivity index (χ0n) is 18.8. The van der Waals surface area contributed by atoms with Crippen LogP contribution in [0.3, 0.4) is 0 Å². The van der Waals surface area contributed by atoms with Gasteiger partial charge in [-0.05, 0) is 58.7 Å². The molecule has 2 saturated heterocycles. The van der Waals surface area contributed by atoms with E-state index in [4.69, 9.17) is 9.47 Å². The van der Waals surface area contributed by atoms with Crippen molar-refractivity contribution >= 4 is 11.9 Å². The Hall–Kier alpha value is -1.22. The van der Waals surface area contributed by atoms with E-state index in [-0.39, 0.29) is 17.9 Å². The maximum Gasteiger partial charge on any atom is 0.324 e. The molecule has 30 heavy (non-hydrogen) atoms. The Morgan fingerprint density at radius 1 is 1.17 bits per heavy atom. The first-order valence-corrected chi connectivity index (χ1v) is 11.6. The molecule has 4 fully saturated rings. The number of hydrogen-bond donors (Lipinski definition) is 1. The molecule has 2 aliphatic carbocycles. The van der Waals surface area contributed by atoms with Crippen LogP contribution >= 0.6 is 0 Å². The number of imide groups is 1. The monoisotopic (exact) mass is 422 g/mol. The topological polar surface area (TPSA) is 74.4 Å². The molecule has 170 valence electrons. The third kappa shape index (κ3) is 4.98. The lowest BCUT2D eigenvalue weighted by atomic mass is 9.72. The second kappa shape index (κ2) is 9.10. The average molecular weight is 423 g/mol. The molecule has 0 radical (unpaired) electrons. The highest BCUT2D eigenvalue weighted by atomic mass is 16.7. The lowest BCUT2D eigenvalue weighted by molar-refractivity contribution is -0.202. The predicted octanol–water partition coefficient (Wildman–Crippen LogP) is 1.36. The van der Waals surface area contributed by atoms with Crippen molar-refractivity contribution < 1.29 is 19.1 Å². The number of fused-ring (bicyclic) bond motifs is 1. The molecule has 2 aliphatic heterocycles. The van der Waals surface area contributed by atoms with E-state index in [0.29, 0.717) is 44.2 Å². The number of hydrogen-bond acceptors (Lipinski definition) is 6. The number of ether oxygens (including phenoxy) is 2. The molecule has 8 nitrogen and oxygen atoms in total. The SMILES string of the molecule is CN(C)CCNC(=O)N(CC1CC1)C(=O)[C@@H]1C[C@@H]2CC3(CC[C@H]2N(C)C1)OCCO3. The highest BCUT2D eigenvalue weighted by molar-refractivity contribution is 5.95. The van der Waals surface area contributed by atoms with Crippen LogP contribution in [-0.2, 0) is 14.3 Å². The molecular weight excluding hydrogens is 384 g/mol. The number of rotatable bonds is 6. The minimum Gasteiger partial charge on any atom is -0.348 e. The van der Waals surface area contributed by atoms with Gasteiger partial charge in [0.25, 0.3) is 0 Å². The second-order valence-corrected chi connectivity index (χ2v) is 9.98. The number of piperidine rings is 1. The van der Waals surface area contributed by atoms with Gasteiger partial charge in [0.2, 0.25) is 5.91 Å². The summed E-state index contributed by atoms with van der Waals surface area (Å²) in [5.41, 5.74) is 0. The zero-order chi connectivity index (χ0) is 21.3. The van der Waals surface area contributed by atoms with Crippen LogP contribution in [0, 0.1) is 17.8 Å². The number of urea groups is 1. The fraction of sp³-hybridized carbons (Fsp3) is 0.909. The summed E-state index contributed by atoms with van der Waals surface area (Å²) in [6.45, 7) is 3.91. The first-order valence-electron chi connectivity index (χ1n) is 11.6. The molecule has 0 aromatic heterocycles. The predicted molar refractivity (Wildman–Crippen MR) is 113 cm³/mol. The summed E-state index contributed by atoms with van der Waals surface area (Å²) in [4.78, 5) is 32.2. The van der Waals surface area contributed by atoms with Crippen LogP contribution in [-0.4, -0.2) is 99.0 Å². The molecule has 8 heteroatoms. The summed E-state index contributed by atoms with van der Waals surface area (Å²) in [6, 6.07) is 0.236. The molecule has 2 heterocycles. The van der Waals surface area contributed by atoms with E-state index in [1.807, 2.05) is 19.0 Å². The van der Waals surface area contributed by atoms with Crippen molar-refractivity contribution in [3.8, 4) is 0 Å². The van der Waals surface area contributed by atoms with Gasteiger partial charge in [-0.25, -0.2) is 4.79 Å². The highest BCUT2D eigenvalue weighted by Gasteiger charge is 2.50. The van der Waals surface area contributed by atoms with E-state index in [2.05, 4.69) is 17.3 Å². The Bertz CT molecular complexity index is 633. The minimum absolute atomic E-state index is 0.0116. The quantitative estimate of drug-likeness (QED) is 0.697. The summed E-state index contributed by atoms with van der Waals surface area (Å²) < 4.78 is 11.9. The summed E-state index contributed by atoms with van der Waals surface area (Å²) in [5.74, 6) is 0.239. The molecule has 3 atom stereocenters. The largest absolute Gasteiger partial charge is 0.348 e. The van der Waals surface area contributed by atoms with Crippen molar-refractivity contribution in [1.29, 1.82) is 0 Å². The van der Waals surface area contributed by atoms with E-state index in [1.165, 1.54) is 4.90 Å². The van der Waals surface area contributed by atoms with Crippen molar-refractivity contribution in [3.05, 3.63) is 0 Å². The van der Waals surface area contributed by atoms with Crippen LogP contribution in [0.2, 0.25) is 0 Å². The number of carbonyl (C=O) groups excluding carboxylic acids is 2. The van der Waals surface area contributed by atoms with Crippen molar-refractivity contribution in [2.24, 2.45) is 17.8 Å². The lowest BCUT2D eigenvalue weighted by Crippen LogP contribution is -2.57. The van der Waals surface area contributed by atoms with Gasteiger partial charge in [0, 0.05) is 45.1 Å². The van der Waals surface area contributed by atoms with E-state index in [0.717, 1.165) is 51.6 Å². The molecule has 4 aliphatic rings. The molecule has 0 aromatic carbocycles. The van der Waals surface area contributed by atoms with Gasteiger partial charge in [-0.3, -0.25) is 9.69 Å².